The summed E-state index contributed by atoms with van der Waals surface area (Å²) in [5.74, 6) is 1.34. The molecular formula is C26H28N8. The number of hydrogen-bond donors (Lipinski definition) is 2. The number of hydrogen-bond acceptors (Lipinski definition) is 7. The van der Waals surface area contributed by atoms with Crippen LogP contribution in [-0.2, 0) is 7.05 Å². The summed E-state index contributed by atoms with van der Waals surface area (Å²) in [6, 6.07) is 12.6. The Morgan fingerprint density at radius 3 is 2.74 bits per heavy atom. The van der Waals surface area contributed by atoms with Crippen molar-refractivity contribution >= 4 is 28.0 Å². The Bertz CT molecular complexity index is 1380. The number of aromatic nitrogens is 4. The van der Waals surface area contributed by atoms with E-state index in [0.29, 0.717) is 12.3 Å². The summed E-state index contributed by atoms with van der Waals surface area (Å²) in [4.78, 5) is 11.4. The number of anilines is 3. The van der Waals surface area contributed by atoms with E-state index in [1.54, 1.807) is 17.1 Å². The Labute approximate surface area is 199 Å². The van der Waals surface area contributed by atoms with E-state index < -0.39 is 0 Å². The van der Waals surface area contributed by atoms with Crippen molar-refractivity contribution in [3.8, 4) is 17.3 Å². The van der Waals surface area contributed by atoms with E-state index >= 15 is 0 Å². The van der Waals surface area contributed by atoms with Crippen molar-refractivity contribution in [2.75, 3.05) is 16.8 Å². The van der Waals surface area contributed by atoms with Gasteiger partial charge in [-0.1, -0.05) is 19.9 Å². The molecule has 3 aromatic heterocycles. The highest BCUT2D eigenvalue weighted by Gasteiger charge is 2.36. The van der Waals surface area contributed by atoms with Gasteiger partial charge in [-0.15, -0.1) is 0 Å². The van der Waals surface area contributed by atoms with Gasteiger partial charge in [0.05, 0.1) is 24.1 Å². The number of nitrogens with two attached hydrogens (primary N) is 1. The van der Waals surface area contributed by atoms with Gasteiger partial charge >= 0.3 is 0 Å². The van der Waals surface area contributed by atoms with Crippen LogP contribution >= 0.6 is 0 Å². The monoisotopic (exact) mass is 452 g/mol. The highest BCUT2D eigenvalue weighted by atomic mass is 15.3. The van der Waals surface area contributed by atoms with Crippen molar-refractivity contribution in [3.05, 3.63) is 60.7 Å². The zero-order valence-corrected chi connectivity index (χ0v) is 19.6. The summed E-state index contributed by atoms with van der Waals surface area (Å²) in [6.45, 7) is 5.19. The van der Waals surface area contributed by atoms with Crippen LogP contribution in [0.25, 0.3) is 22.0 Å². The molecule has 1 aliphatic rings. The summed E-state index contributed by atoms with van der Waals surface area (Å²) in [5, 5.41) is 18.9. The summed E-state index contributed by atoms with van der Waals surface area (Å²) in [5.41, 5.74) is 11.5. The molecule has 8 heteroatoms. The fourth-order valence-corrected chi connectivity index (χ4v) is 4.60. The fourth-order valence-electron chi connectivity index (χ4n) is 4.60. The maximum atomic E-state index is 9.03. The lowest BCUT2D eigenvalue weighted by Crippen LogP contribution is -2.61. The third-order valence-electron chi connectivity index (χ3n) is 6.50. The van der Waals surface area contributed by atoms with Crippen molar-refractivity contribution in [2.45, 2.75) is 32.4 Å². The molecule has 1 saturated heterocycles. The van der Waals surface area contributed by atoms with Crippen molar-refractivity contribution < 1.29 is 0 Å². The maximum Gasteiger partial charge on any atom is 0.130 e. The van der Waals surface area contributed by atoms with Gasteiger partial charge in [-0.3, -0.25) is 9.67 Å². The van der Waals surface area contributed by atoms with E-state index in [1.165, 1.54) is 5.56 Å². The molecule has 0 radical (unpaired) electrons. The largest absolute Gasteiger partial charge is 0.355 e. The van der Waals surface area contributed by atoms with Gasteiger partial charge in [0, 0.05) is 66.8 Å². The van der Waals surface area contributed by atoms with Gasteiger partial charge in [0.1, 0.15) is 5.82 Å². The number of fused-ring (bicyclic) bond motifs is 1. The quantitative estimate of drug-likeness (QED) is 0.442. The van der Waals surface area contributed by atoms with Gasteiger partial charge in [0.15, 0.2) is 0 Å². The van der Waals surface area contributed by atoms with E-state index in [2.05, 4.69) is 58.4 Å². The lowest BCUT2D eigenvalue weighted by Gasteiger charge is -2.47. The molecule has 0 amide bonds. The van der Waals surface area contributed by atoms with Crippen molar-refractivity contribution in [3.63, 3.8) is 0 Å². The molecule has 8 nitrogen and oxygen atoms in total. The van der Waals surface area contributed by atoms with Crippen LogP contribution in [0, 0.1) is 17.2 Å². The van der Waals surface area contributed by atoms with Crippen LogP contribution < -0.4 is 16.0 Å². The maximum absolute atomic E-state index is 9.03. The van der Waals surface area contributed by atoms with Crippen LogP contribution in [0.5, 0.6) is 0 Å². The molecule has 34 heavy (non-hydrogen) atoms. The topological polar surface area (TPSA) is 109 Å². The molecule has 5 rings (SSSR count). The first-order valence-electron chi connectivity index (χ1n) is 11.5. The SMILES string of the molecule is CC(C)c1ccc(N2C[C@H](CC#N)[C@H]2N)c2cnc(Nc3ccnc(-c4cnn(C)c4)c3)cc12. The van der Waals surface area contributed by atoms with Gasteiger partial charge in [-0.05, 0) is 41.1 Å². The summed E-state index contributed by atoms with van der Waals surface area (Å²) in [6.07, 6.45) is 7.79. The molecule has 0 spiro atoms. The first kappa shape index (κ1) is 21.9. The fraction of sp³-hybridized carbons (Fsp3) is 0.308. The van der Waals surface area contributed by atoms with Crippen molar-refractivity contribution in [1.29, 1.82) is 5.26 Å². The van der Waals surface area contributed by atoms with Crippen LogP contribution in [0.3, 0.4) is 0 Å². The third-order valence-corrected chi connectivity index (χ3v) is 6.50. The zero-order chi connectivity index (χ0) is 23.8. The second-order valence-corrected chi connectivity index (χ2v) is 9.17. The van der Waals surface area contributed by atoms with Crippen molar-refractivity contribution in [2.24, 2.45) is 18.7 Å². The van der Waals surface area contributed by atoms with Crippen LogP contribution in [-0.4, -0.2) is 32.5 Å². The van der Waals surface area contributed by atoms with Crippen LogP contribution in [0.15, 0.2) is 55.1 Å². The van der Waals surface area contributed by atoms with E-state index in [9.17, 15) is 0 Å². The number of nitrogens with zero attached hydrogens (tertiary/aromatic N) is 6. The zero-order valence-electron chi connectivity index (χ0n) is 19.6. The molecule has 0 saturated carbocycles. The number of aryl methyl sites for hydroxylation is 1. The van der Waals surface area contributed by atoms with Gasteiger partial charge in [0.2, 0.25) is 0 Å². The number of nitriles is 1. The highest BCUT2D eigenvalue weighted by Crippen LogP contribution is 2.39. The molecule has 172 valence electrons. The lowest BCUT2D eigenvalue weighted by molar-refractivity contribution is 0.305. The van der Waals surface area contributed by atoms with Gasteiger partial charge in [-0.2, -0.15) is 10.4 Å². The van der Waals surface area contributed by atoms with E-state index in [1.807, 2.05) is 31.6 Å². The molecule has 4 heterocycles. The summed E-state index contributed by atoms with van der Waals surface area (Å²) >= 11 is 0. The molecule has 1 aliphatic heterocycles. The van der Waals surface area contributed by atoms with Crippen molar-refractivity contribution in [1.82, 2.24) is 19.7 Å². The number of nitrogens with one attached hydrogen (secondary N) is 1. The Balaban J connectivity index is 1.48. The molecule has 3 N–H and O–H groups in total. The third kappa shape index (κ3) is 3.95. The minimum absolute atomic E-state index is 0.145. The first-order chi connectivity index (χ1) is 16.4. The number of rotatable bonds is 6. The second kappa shape index (κ2) is 8.76. The molecule has 1 aromatic carbocycles. The van der Waals surface area contributed by atoms with Gasteiger partial charge in [-0.25, -0.2) is 4.98 Å². The highest BCUT2D eigenvalue weighted by molar-refractivity contribution is 5.98. The van der Waals surface area contributed by atoms with Gasteiger partial charge < -0.3 is 16.0 Å². The lowest BCUT2D eigenvalue weighted by atomic mass is 9.89. The Morgan fingerprint density at radius 2 is 2.03 bits per heavy atom. The Morgan fingerprint density at radius 1 is 1.18 bits per heavy atom. The average Bonchev–Trinajstić information content (AvgIpc) is 3.27. The average molecular weight is 453 g/mol. The smallest absolute Gasteiger partial charge is 0.130 e. The molecule has 1 fully saturated rings. The van der Waals surface area contributed by atoms with E-state index in [-0.39, 0.29) is 12.1 Å². The van der Waals surface area contributed by atoms with Crippen LogP contribution in [0.2, 0.25) is 0 Å². The summed E-state index contributed by atoms with van der Waals surface area (Å²) < 4.78 is 1.76. The minimum atomic E-state index is -0.145. The molecule has 0 bridgehead atoms. The normalized spacial score (nSPS) is 17.6. The van der Waals surface area contributed by atoms with Crippen LogP contribution in [0.1, 0.15) is 31.7 Å². The molecule has 0 unspecified atom stereocenters. The van der Waals surface area contributed by atoms with Crippen LogP contribution in [0.4, 0.5) is 17.2 Å². The van der Waals surface area contributed by atoms with Gasteiger partial charge in [0.25, 0.3) is 0 Å². The standard InChI is InChI=1S/C26H28N8/c1-16(2)20-4-5-24(34-15-17(6-8-27)26(34)28)22-13-30-25(11-21(20)22)32-19-7-9-29-23(10-19)18-12-31-33(3)14-18/h4-5,7,9-14,16-17,26H,6,15,28H2,1-3H3,(H,29,30,32)/t17-,26-/m0/s1. The first-order valence-corrected chi connectivity index (χ1v) is 11.5. The second-order valence-electron chi connectivity index (χ2n) is 9.17. The van der Waals surface area contributed by atoms with E-state index in [4.69, 9.17) is 16.0 Å². The van der Waals surface area contributed by atoms with E-state index in [0.717, 1.165) is 45.8 Å². The Kier molecular flexibility index (Phi) is 5.64. The number of benzene rings is 1. The number of pyridine rings is 2. The Hall–Kier alpha value is -3.96. The molecule has 0 aliphatic carbocycles. The predicted molar refractivity (Wildman–Crippen MR) is 135 cm³/mol. The minimum Gasteiger partial charge on any atom is -0.355 e. The molecule has 4 aromatic rings. The predicted octanol–water partition coefficient (Wildman–Crippen LogP) is 4.53. The molecular weight excluding hydrogens is 424 g/mol. The summed E-state index contributed by atoms with van der Waals surface area (Å²) in [7, 11) is 1.89. The molecule has 2 atom stereocenters.